The molecule has 0 fully saturated rings. The van der Waals surface area contributed by atoms with Crippen LogP contribution in [0.15, 0.2) is 4.99 Å². The number of rotatable bonds is 9. The fourth-order valence-electron chi connectivity index (χ4n) is 1.82. The average molecular weight is 226 g/mol. The fourth-order valence-corrected chi connectivity index (χ4v) is 1.82. The van der Waals surface area contributed by atoms with E-state index in [-0.39, 0.29) is 0 Å². The normalized spacial score (nSPS) is 20.2. The fraction of sp³-hybridized carbons (Fsp3) is 0.917. The molecule has 0 aromatic heterocycles. The summed E-state index contributed by atoms with van der Waals surface area (Å²) in [6.45, 7) is 8.41. The van der Waals surface area contributed by atoms with Gasteiger partial charge in [0.05, 0.1) is 6.04 Å². The third-order valence-corrected chi connectivity index (χ3v) is 2.77. The molecule has 0 radical (unpaired) electrons. The molecule has 1 aliphatic rings. The van der Waals surface area contributed by atoms with Gasteiger partial charge in [0, 0.05) is 32.7 Å². The van der Waals surface area contributed by atoms with Crippen LogP contribution in [0.3, 0.4) is 0 Å². The van der Waals surface area contributed by atoms with E-state index in [4.69, 9.17) is 0 Å². The first-order valence-corrected chi connectivity index (χ1v) is 6.57. The first kappa shape index (κ1) is 13.6. The maximum Gasteiger partial charge on any atom is 0.0620 e. The average Bonchev–Trinajstić information content (AvgIpc) is 2.34. The van der Waals surface area contributed by atoms with Crippen molar-refractivity contribution in [1.29, 1.82) is 0 Å². The number of nitrogens with one attached hydrogen (secondary N) is 3. The SMILES string of the molecule is CCNCCNCCNCC1CCCC=N1. The summed E-state index contributed by atoms with van der Waals surface area (Å²) in [6, 6.07) is 0.524. The van der Waals surface area contributed by atoms with Crippen molar-refractivity contribution < 1.29 is 0 Å². The molecule has 0 saturated heterocycles. The molecule has 1 heterocycles. The molecule has 1 aliphatic heterocycles. The lowest BCUT2D eigenvalue weighted by Gasteiger charge is -2.16. The molecule has 0 saturated carbocycles. The molecule has 16 heavy (non-hydrogen) atoms. The van der Waals surface area contributed by atoms with Gasteiger partial charge in [-0.3, -0.25) is 4.99 Å². The van der Waals surface area contributed by atoms with E-state index in [0.29, 0.717) is 6.04 Å². The Kier molecular flexibility index (Phi) is 8.30. The van der Waals surface area contributed by atoms with Crippen molar-refractivity contribution in [3.05, 3.63) is 0 Å². The van der Waals surface area contributed by atoms with Gasteiger partial charge in [-0.25, -0.2) is 0 Å². The van der Waals surface area contributed by atoms with E-state index in [9.17, 15) is 0 Å². The lowest BCUT2D eigenvalue weighted by Crippen LogP contribution is -2.35. The van der Waals surface area contributed by atoms with Crippen molar-refractivity contribution in [2.24, 2.45) is 4.99 Å². The van der Waals surface area contributed by atoms with E-state index in [0.717, 1.165) is 39.3 Å². The zero-order valence-electron chi connectivity index (χ0n) is 10.5. The van der Waals surface area contributed by atoms with Gasteiger partial charge < -0.3 is 16.0 Å². The second kappa shape index (κ2) is 9.75. The minimum Gasteiger partial charge on any atom is -0.316 e. The molecule has 0 aliphatic carbocycles. The van der Waals surface area contributed by atoms with Gasteiger partial charge in [-0.05, 0) is 32.0 Å². The van der Waals surface area contributed by atoms with Crippen LogP contribution >= 0.6 is 0 Å². The predicted octanol–water partition coefficient (Wildman–Crippen LogP) is 0.398. The van der Waals surface area contributed by atoms with Crippen LogP contribution in [0.5, 0.6) is 0 Å². The van der Waals surface area contributed by atoms with E-state index < -0.39 is 0 Å². The second-order valence-electron chi connectivity index (χ2n) is 4.22. The third kappa shape index (κ3) is 6.93. The molecule has 1 unspecified atom stereocenters. The molecule has 0 bridgehead atoms. The van der Waals surface area contributed by atoms with Crippen molar-refractivity contribution in [2.45, 2.75) is 32.2 Å². The number of hydrogen-bond donors (Lipinski definition) is 3. The van der Waals surface area contributed by atoms with Crippen LogP contribution in [-0.4, -0.2) is 51.5 Å². The topological polar surface area (TPSA) is 48.4 Å². The van der Waals surface area contributed by atoms with Gasteiger partial charge in [0.1, 0.15) is 0 Å². The van der Waals surface area contributed by atoms with Crippen molar-refractivity contribution in [3.63, 3.8) is 0 Å². The van der Waals surface area contributed by atoms with Crippen LogP contribution in [0, 0.1) is 0 Å². The summed E-state index contributed by atoms with van der Waals surface area (Å²) in [5, 5.41) is 10.1. The molecule has 3 N–H and O–H groups in total. The highest BCUT2D eigenvalue weighted by atomic mass is 15.0. The molecule has 1 rings (SSSR count). The van der Waals surface area contributed by atoms with E-state index in [1.54, 1.807) is 0 Å². The summed E-state index contributed by atoms with van der Waals surface area (Å²) in [5.74, 6) is 0. The lowest BCUT2D eigenvalue weighted by molar-refractivity contribution is 0.512. The minimum atomic E-state index is 0.524. The molecule has 94 valence electrons. The van der Waals surface area contributed by atoms with Gasteiger partial charge in [-0.2, -0.15) is 0 Å². The van der Waals surface area contributed by atoms with Gasteiger partial charge in [0.2, 0.25) is 0 Å². The van der Waals surface area contributed by atoms with Crippen LogP contribution in [-0.2, 0) is 0 Å². The van der Waals surface area contributed by atoms with Crippen LogP contribution < -0.4 is 16.0 Å². The Labute approximate surface area is 99.3 Å². The zero-order chi connectivity index (χ0) is 11.5. The highest BCUT2D eigenvalue weighted by Crippen LogP contribution is 2.07. The first-order valence-electron chi connectivity index (χ1n) is 6.57. The third-order valence-electron chi connectivity index (χ3n) is 2.77. The van der Waals surface area contributed by atoms with E-state index in [1.807, 2.05) is 0 Å². The number of likely N-dealkylation sites (N-methyl/N-ethyl adjacent to an activating group) is 1. The summed E-state index contributed by atoms with van der Waals surface area (Å²) < 4.78 is 0. The zero-order valence-corrected chi connectivity index (χ0v) is 10.5. The molecule has 4 nitrogen and oxygen atoms in total. The van der Waals surface area contributed by atoms with Gasteiger partial charge in [-0.15, -0.1) is 0 Å². The quantitative estimate of drug-likeness (QED) is 0.499. The standard InChI is InChI=1S/C12H26N4/c1-2-13-7-8-14-9-10-15-11-12-5-3-4-6-16-12/h6,12-15H,2-5,7-11H2,1H3. The molecule has 4 heteroatoms. The van der Waals surface area contributed by atoms with Gasteiger partial charge in [-0.1, -0.05) is 6.92 Å². The van der Waals surface area contributed by atoms with Crippen molar-refractivity contribution in [2.75, 3.05) is 39.3 Å². The summed E-state index contributed by atoms with van der Waals surface area (Å²) in [6.07, 6.45) is 5.79. The lowest BCUT2D eigenvalue weighted by atomic mass is 10.1. The largest absolute Gasteiger partial charge is 0.316 e. The maximum absolute atomic E-state index is 4.47. The number of nitrogens with zero attached hydrogens (tertiary/aromatic N) is 1. The van der Waals surface area contributed by atoms with Crippen LogP contribution in [0.1, 0.15) is 26.2 Å². The van der Waals surface area contributed by atoms with Crippen LogP contribution in [0.25, 0.3) is 0 Å². The maximum atomic E-state index is 4.47. The molecule has 0 aromatic carbocycles. The Hall–Kier alpha value is -0.450. The Morgan fingerprint density at radius 2 is 1.88 bits per heavy atom. The molecular formula is C12H26N4. The Morgan fingerprint density at radius 1 is 1.12 bits per heavy atom. The van der Waals surface area contributed by atoms with Crippen molar-refractivity contribution in [3.8, 4) is 0 Å². The van der Waals surface area contributed by atoms with Crippen LogP contribution in [0.2, 0.25) is 0 Å². The Bertz CT molecular complexity index is 182. The Balaban J connectivity index is 1.80. The van der Waals surface area contributed by atoms with Gasteiger partial charge in [0.25, 0.3) is 0 Å². The molecule has 0 aromatic rings. The van der Waals surface area contributed by atoms with Gasteiger partial charge in [0.15, 0.2) is 0 Å². The smallest absolute Gasteiger partial charge is 0.0620 e. The van der Waals surface area contributed by atoms with Crippen LogP contribution in [0.4, 0.5) is 0 Å². The number of hydrogen-bond acceptors (Lipinski definition) is 4. The van der Waals surface area contributed by atoms with E-state index >= 15 is 0 Å². The summed E-state index contributed by atoms with van der Waals surface area (Å²) in [7, 11) is 0. The highest BCUT2D eigenvalue weighted by Gasteiger charge is 2.07. The van der Waals surface area contributed by atoms with E-state index in [2.05, 4.69) is 34.1 Å². The summed E-state index contributed by atoms with van der Waals surface area (Å²) in [4.78, 5) is 4.47. The Morgan fingerprint density at radius 3 is 2.56 bits per heavy atom. The summed E-state index contributed by atoms with van der Waals surface area (Å²) >= 11 is 0. The predicted molar refractivity (Wildman–Crippen MR) is 70.4 cm³/mol. The first-order chi connectivity index (χ1) is 7.93. The molecule has 0 spiro atoms. The highest BCUT2D eigenvalue weighted by molar-refractivity contribution is 5.58. The second-order valence-corrected chi connectivity index (χ2v) is 4.22. The monoisotopic (exact) mass is 226 g/mol. The molecule has 1 atom stereocenters. The minimum absolute atomic E-state index is 0.524. The molecular weight excluding hydrogens is 200 g/mol. The van der Waals surface area contributed by atoms with Crippen molar-refractivity contribution >= 4 is 6.21 Å². The van der Waals surface area contributed by atoms with E-state index in [1.165, 1.54) is 19.3 Å². The van der Waals surface area contributed by atoms with Gasteiger partial charge >= 0.3 is 0 Å². The molecule has 0 amide bonds. The van der Waals surface area contributed by atoms with Crippen molar-refractivity contribution in [1.82, 2.24) is 16.0 Å². The number of aliphatic imine (C=N–C) groups is 1. The summed E-state index contributed by atoms with van der Waals surface area (Å²) in [5.41, 5.74) is 0.